The zero-order valence-corrected chi connectivity index (χ0v) is 10.4. The minimum Gasteiger partial charge on any atom is -0.377 e. The number of hydrogen-bond donors (Lipinski definition) is 1. The Morgan fingerprint density at radius 2 is 2.13 bits per heavy atom. The topological polar surface area (TPSA) is 21.3 Å². The van der Waals surface area contributed by atoms with Crippen molar-refractivity contribution < 1.29 is 4.74 Å². The summed E-state index contributed by atoms with van der Waals surface area (Å²) >= 11 is 0. The van der Waals surface area contributed by atoms with Gasteiger partial charge in [0, 0.05) is 19.2 Å². The molecular weight excluding hydrogens is 186 g/mol. The Kier molecular flexibility index (Phi) is 3.36. The van der Waals surface area contributed by atoms with Gasteiger partial charge in [0.25, 0.3) is 0 Å². The van der Waals surface area contributed by atoms with Crippen LogP contribution in [0.25, 0.3) is 0 Å². The summed E-state index contributed by atoms with van der Waals surface area (Å²) in [4.78, 5) is 0. The number of ether oxygens (including phenoxy) is 1. The molecule has 15 heavy (non-hydrogen) atoms. The lowest BCUT2D eigenvalue weighted by molar-refractivity contribution is 0.106. The van der Waals surface area contributed by atoms with Crippen molar-refractivity contribution in [1.82, 2.24) is 5.32 Å². The van der Waals surface area contributed by atoms with E-state index in [1.807, 2.05) is 0 Å². The van der Waals surface area contributed by atoms with Gasteiger partial charge in [-0.15, -0.1) is 0 Å². The first-order chi connectivity index (χ1) is 7.07. The number of rotatable bonds is 3. The zero-order valence-electron chi connectivity index (χ0n) is 10.4. The molecule has 0 aromatic carbocycles. The van der Waals surface area contributed by atoms with Crippen LogP contribution in [0.4, 0.5) is 0 Å². The molecule has 2 aliphatic rings. The first kappa shape index (κ1) is 11.4. The molecule has 0 aromatic rings. The Bertz CT molecular complexity index is 209. The van der Waals surface area contributed by atoms with Crippen LogP contribution in [0.1, 0.15) is 46.5 Å². The fourth-order valence-corrected chi connectivity index (χ4v) is 3.26. The normalized spacial score (nSPS) is 39.8. The van der Waals surface area contributed by atoms with Gasteiger partial charge in [-0.3, -0.25) is 0 Å². The van der Waals surface area contributed by atoms with Crippen LogP contribution in [-0.4, -0.2) is 25.3 Å². The molecule has 1 heterocycles. The fourth-order valence-electron chi connectivity index (χ4n) is 3.26. The molecule has 2 fully saturated rings. The van der Waals surface area contributed by atoms with Crippen molar-refractivity contribution in [2.75, 3.05) is 13.2 Å². The monoisotopic (exact) mass is 211 g/mol. The van der Waals surface area contributed by atoms with Crippen LogP contribution < -0.4 is 5.32 Å². The lowest BCUT2D eigenvalue weighted by atomic mass is 9.91. The highest BCUT2D eigenvalue weighted by molar-refractivity contribution is 4.91. The molecule has 1 N–H and O–H groups in total. The predicted octanol–water partition coefficient (Wildman–Crippen LogP) is 2.58. The van der Waals surface area contributed by atoms with Gasteiger partial charge in [-0.2, -0.15) is 0 Å². The van der Waals surface area contributed by atoms with E-state index in [9.17, 15) is 0 Å². The molecule has 0 aromatic heterocycles. The molecule has 0 bridgehead atoms. The standard InChI is InChI=1S/C13H25NO/c1-10-7-13(2,3)8-12(10)14-9-11-5-4-6-15-11/h10-12,14H,4-9H2,1-3H3. The van der Waals surface area contributed by atoms with Gasteiger partial charge >= 0.3 is 0 Å². The van der Waals surface area contributed by atoms with Crippen LogP contribution in [0.5, 0.6) is 0 Å². The van der Waals surface area contributed by atoms with E-state index in [0.717, 1.165) is 19.1 Å². The fraction of sp³-hybridized carbons (Fsp3) is 1.00. The van der Waals surface area contributed by atoms with Crippen LogP contribution in [-0.2, 0) is 4.74 Å². The lowest BCUT2D eigenvalue weighted by Gasteiger charge is -2.20. The van der Waals surface area contributed by atoms with Gasteiger partial charge in [0.15, 0.2) is 0 Å². The third kappa shape index (κ3) is 2.94. The maximum Gasteiger partial charge on any atom is 0.0700 e. The summed E-state index contributed by atoms with van der Waals surface area (Å²) in [5.41, 5.74) is 0.535. The Balaban J connectivity index is 1.75. The molecule has 1 aliphatic carbocycles. The first-order valence-electron chi connectivity index (χ1n) is 6.42. The summed E-state index contributed by atoms with van der Waals surface area (Å²) < 4.78 is 5.64. The molecule has 2 rings (SSSR count). The van der Waals surface area contributed by atoms with Crippen LogP contribution in [0, 0.1) is 11.3 Å². The quantitative estimate of drug-likeness (QED) is 0.774. The molecule has 0 amide bonds. The average molecular weight is 211 g/mol. The van der Waals surface area contributed by atoms with E-state index >= 15 is 0 Å². The summed E-state index contributed by atoms with van der Waals surface area (Å²) in [6.07, 6.45) is 5.66. The Morgan fingerprint density at radius 3 is 2.67 bits per heavy atom. The molecule has 1 saturated carbocycles. The molecule has 1 aliphatic heterocycles. The van der Waals surface area contributed by atoms with Crippen molar-refractivity contribution in [3.05, 3.63) is 0 Å². The smallest absolute Gasteiger partial charge is 0.0700 e. The maximum absolute atomic E-state index is 5.64. The van der Waals surface area contributed by atoms with Gasteiger partial charge in [-0.1, -0.05) is 20.8 Å². The Morgan fingerprint density at radius 1 is 1.33 bits per heavy atom. The van der Waals surface area contributed by atoms with Crippen molar-refractivity contribution in [1.29, 1.82) is 0 Å². The minimum atomic E-state index is 0.487. The molecule has 2 heteroatoms. The average Bonchev–Trinajstić information content (AvgIpc) is 2.70. The van der Waals surface area contributed by atoms with Crippen molar-refractivity contribution in [2.24, 2.45) is 11.3 Å². The van der Waals surface area contributed by atoms with Crippen LogP contribution in [0.15, 0.2) is 0 Å². The highest BCUT2D eigenvalue weighted by Crippen LogP contribution is 2.40. The van der Waals surface area contributed by atoms with Crippen molar-refractivity contribution in [3.8, 4) is 0 Å². The first-order valence-corrected chi connectivity index (χ1v) is 6.42. The molecule has 2 nitrogen and oxygen atoms in total. The minimum absolute atomic E-state index is 0.487. The second-order valence-electron chi connectivity index (χ2n) is 6.20. The Hall–Kier alpha value is -0.0800. The number of nitrogens with one attached hydrogen (secondary N) is 1. The molecule has 3 atom stereocenters. The van der Waals surface area contributed by atoms with E-state index in [0.29, 0.717) is 17.6 Å². The maximum atomic E-state index is 5.64. The molecule has 88 valence electrons. The third-order valence-corrected chi connectivity index (χ3v) is 3.97. The number of hydrogen-bond acceptors (Lipinski definition) is 2. The van der Waals surface area contributed by atoms with Crippen LogP contribution >= 0.6 is 0 Å². The molecule has 3 unspecified atom stereocenters. The highest BCUT2D eigenvalue weighted by Gasteiger charge is 2.36. The summed E-state index contributed by atoms with van der Waals surface area (Å²) in [7, 11) is 0. The summed E-state index contributed by atoms with van der Waals surface area (Å²) in [5.74, 6) is 0.821. The van der Waals surface area contributed by atoms with E-state index in [1.165, 1.54) is 25.7 Å². The summed E-state index contributed by atoms with van der Waals surface area (Å²) in [6, 6.07) is 0.712. The molecule has 1 saturated heterocycles. The van der Waals surface area contributed by atoms with Crippen LogP contribution in [0.3, 0.4) is 0 Å². The van der Waals surface area contributed by atoms with Crippen LogP contribution in [0.2, 0.25) is 0 Å². The van der Waals surface area contributed by atoms with Crippen molar-refractivity contribution in [2.45, 2.75) is 58.6 Å². The van der Waals surface area contributed by atoms with Gasteiger partial charge in [0.2, 0.25) is 0 Å². The van der Waals surface area contributed by atoms with Crippen molar-refractivity contribution in [3.63, 3.8) is 0 Å². The predicted molar refractivity (Wildman–Crippen MR) is 62.9 cm³/mol. The van der Waals surface area contributed by atoms with E-state index in [2.05, 4.69) is 26.1 Å². The highest BCUT2D eigenvalue weighted by atomic mass is 16.5. The van der Waals surface area contributed by atoms with Gasteiger partial charge < -0.3 is 10.1 Å². The van der Waals surface area contributed by atoms with Crippen molar-refractivity contribution >= 4 is 0 Å². The third-order valence-electron chi connectivity index (χ3n) is 3.97. The summed E-state index contributed by atoms with van der Waals surface area (Å²) in [6.45, 7) is 9.18. The second kappa shape index (κ2) is 4.42. The molecular formula is C13H25NO. The largest absolute Gasteiger partial charge is 0.377 e. The van der Waals surface area contributed by atoms with E-state index in [-0.39, 0.29) is 0 Å². The molecule has 0 spiro atoms. The van der Waals surface area contributed by atoms with Gasteiger partial charge in [-0.25, -0.2) is 0 Å². The Labute approximate surface area is 93.8 Å². The zero-order chi connectivity index (χ0) is 10.9. The SMILES string of the molecule is CC1CC(C)(C)CC1NCC1CCCO1. The van der Waals surface area contributed by atoms with E-state index in [1.54, 1.807) is 0 Å². The summed E-state index contributed by atoms with van der Waals surface area (Å²) in [5, 5.41) is 3.70. The van der Waals surface area contributed by atoms with Gasteiger partial charge in [-0.05, 0) is 37.0 Å². The van der Waals surface area contributed by atoms with Gasteiger partial charge in [0.05, 0.1) is 6.10 Å². The van der Waals surface area contributed by atoms with Gasteiger partial charge in [0.1, 0.15) is 0 Å². The molecule has 0 radical (unpaired) electrons. The lowest BCUT2D eigenvalue weighted by Crippen LogP contribution is -2.37. The van der Waals surface area contributed by atoms with E-state index in [4.69, 9.17) is 4.74 Å². The second-order valence-corrected chi connectivity index (χ2v) is 6.20. The van der Waals surface area contributed by atoms with E-state index < -0.39 is 0 Å².